The van der Waals surface area contributed by atoms with Crippen molar-refractivity contribution in [2.24, 2.45) is 11.3 Å². The van der Waals surface area contributed by atoms with Crippen LogP contribution in [0.5, 0.6) is 0 Å². The van der Waals surface area contributed by atoms with Gasteiger partial charge in [-0.1, -0.05) is 39.8 Å². The van der Waals surface area contributed by atoms with Crippen molar-refractivity contribution in [2.45, 2.75) is 40.7 Å². The van der Waals surface area contributed by atoms with Crippen molar-refractivity contribution in [2.75, 3.05) is 5.73 Å². The Morgan fingerprint density at radius 1 is 1.28 bits per heavy atom. The highest BCUT2D eigenvalue weighted by atomic mass is 16.1. The molecule has 0 heterocycles. The van der Waals surface area contributed by atoms with Crippen LogP contribution in [0.3, 0.4) is 0 Å². The molecule has 0 fully saturated rings. The number of nitrogen functional groups attached to an aromatic ring is 1. The Morgan fingerprint density at radius 3 is 2.33 bits per heavy atom. The normalized spacial score (nSPS) is 13.1. The SMILES string of the molecule is CC(CC(=O)NCc1ccc(N)cc1)C(C)(C)C. The van der Waals surface area contributed by atoms with Crippen LogP contribution >= 0.6 is 0 Å². The van der Waals surface area contributed by atoms with Gasteiger partial charge in [-0.25, -0.2) is 0 Å². The first-order valence-electron chi connectivity index (χ1n) is 6.40. The minimum Gasteiger partial charge on any atom is -0.399 e. The summed E-state index contributed by atoms with van der Waals surface area (Å²) in [4.78, 5) is 11.8. The van der Waals surface area contributed by atoms with Gasteiger partial charge in [-0.2, -0.15) is 0 Å². The molecule has 1 aromatic rings. The van der Waals surface area contributed by atoms with E-state index in [1.54, 1.807) is 0 Å². The first-order valence-corrected chi connectivity index (χ1v) is 6.40. The van der Waals surface area contributed by atoms with Crippen molar-refractivity contribution in [3.8, 4) is 0 Å². The van der Waals surface area contributed by atoms with Crippen LogP contribution in [-0.4, -0.2) is 5.91 Å². The predicted octanol–water partition coefficient (Wildman–Crippen LogP) is 2.96. The Kier molecular flexibility index (Phi) is 4.76. The highest BCUT2D eigenvalue weighted by Gasteiger charge is 2.22. The van der Waals surface area contributed by atoms with Gasteiger partial charge in [-0.3, -0.25) is 4.79 Å². The molecule has 0 radical (unpaired) electrons. The Hall–Kier alpha value is -1.51. The number of rotatable bonds is 4. The summed E-state index contributed by atoms with van der Waals surface area (Å²) in [5.41, 5.74) is 7.59. The zero-order valence-corrected chi connectivity index (χ0v) is 11.8. The van der Waals surface area contributed by atoms with Gasteiger partial charge in [-0.05, 0) is 29.0 Å². The van der Waals surface area contributed by atoms with Gasteiger partial charge in [0.25, 0.3) is 0 Å². The van der Waals surface area contributed by atoms with E-state index >= 15 is 0 Å². The van der Waals surface area contributed by atoms with Gasteiger partial charge in [-0.15, -0.1) is 0 Å². The molecule has 3 heteroatoms. The second kappa shape index (κ2) is 5.89. The fourth-order valence-corrected chi connectivity index (χ4v) is 1.49. The van der Waals surface area contributed by atoms with E-state index in [1.165, 1.54) is 0 Å². The van der Waals surface area contributed by atoms with Crippen molar-refractivity contribution in [3.05, 3.63) is 29.8 Å². The van der Waals surface area contributed by atoms with Crippen LogP contribution in [0, 0.1) is 11.3 Å². The molecule has 1 unspecified atom stereocenters. The molecule has 100 valence electrons. The van der Waals surface area contributed by atoms with Crippen LogP contribution in [0.2, 0.25) is 0 Å². The van der Waals surface area contributed by atoms with E-state index in [0.717, 1.165) is 11.3 Å². The van der Waals surface area contributed by atoms with Gasteiger partial charge in [0.1, 0.15) is 0 Å². The van der Waals surface area contributed by atoms with E-state index in [-0.39, 0.29) is 11.3 Å². The molecule has 3 N–H and O–H groups in total. The van der Waals surface area contributed by atoms with Crippen molar-refractivity contribution in [1.82, 2.24) is 5.32 Å². The number of benzene rings is 1. The number of amides is 1. The molecule has 0 aliphatic carbocycles. The third-order valence-corrected chi connectivity index (χ3v) is 3.44. The second-order valence-corrected chi connectivity index (χ2v) is 5.99. The molecule has 0 saturated carbocycles. The first kappa shape index (κ1) is 14.6. The smallest absolute Gasteiger partial charge is 0.220 e. The molecule has 1 atom stereocenters. The average molecular weight is 248 g/mol. The molecule has 18 heavy (non-hydrogen) atoms. The minimum atomic E-state index is 0.106. The number of hydrogen-bond donors (Lipinski definition) is 2. The summed E-state index contributed by atoms with van der Waals surface area (Å²) in [6.07, 6.45) is 0.568. The second-order valence-electron chi connectivity index (χ2n) is 5.99. The zero-order valence-electron chi connectivity index (χ0n) is 11.8. The lowest BCUT2D eigenvalue weighted by molar-refractivity contribution is -0.122. The molecule has 0 saturated heterocycles. The molecule has 1 amide bonds. The highest BCUT2D eigenvalue weighted by molar-refractivity contribution is 5.76. The summed E-state index contributed by atoms with van der Waals surface area (Å²) in [6.45, 7) is 9.15. The number of nitrogens with one attached hydrogen (secondary N) is 1. The molecule has 0 spiro atoms. The monoisotopic (exact) mass is 248 g/mol. The number of carbonyl (C=O) groups is 1. The van der Waals surface area contributed by atoms with Gasteiger partial charge in [0, 0.05) is 18.7 Å². The molecule has 0 aliphatic rings. The predicted molar refractivity (Wildman–Crippen MR) is 75.9 cm³/mol. The summed E-state index contributed by atoms with van der Waals surface area (Å²) in [6, 6.07) is 7.56. The third-order valence-electron chi connectivity index (χ3n) is 3.44. The lowest BCUT2D eigenvalue weighted by Crippen LogP contribution is -2.28. The molecule has 1 aromatic carbocycles. The summed E-state index contributed by atoms with van der Waals surface area (Å²) < 4.78 is 0. The van der Waals surface area contributed by atoms with Crippen molar-refractivity contribution in [1.29, 1.82) is 0 Å². The maximum absolute atomic E-state index is 11.8. The molecule has 1 rings (SSSR count). The van der Waals surface area contributed by atoms with Crippen LogP contribution in [0.4, 0.5) is 5.69 Å². The van der Waals surface area contributed by atoms with Gasteiger partial charge < -0.3 is 11.1 Å². The number of nitrogens with two attached hydrogens (primary N) is 1. The highest BCUT2D eigenvalue weighted by Crippen LogP contribution is 2.27. The van der Waals surface area contributed by atoms with Crippen molar-refractivity contribution in [3.63, 3.8) is 0 Å². The number of hydrogen-bond acceptors (Lipinski definition) is 2. The molecule has 0 bridgehead atoms. The quantitative estimate of drug-likeness (QED) is 0.805. The van der Waals surface area contributed by atoms with E-state index in [1.807, 2.05) is 24.3 Å². The fourth-order valence-electron chi connectivity index (χ4n) is 1.49. The van der Waals surface area contributed by atoms with E-state index in [4.69, 9.17) is 5.73 Å². The molecular weight excluding hydrogens is 224 g/mol. The van der Waals surface area contributed by atoms with E-state index in [0.29, 0.717) is 18.9 Å². The molecule has 0 aromatic heterocycles. The van der Waals surface area contributed by atoms with Crippen molar-refractivity contribution < 1.29 is 4.79 Å². The van der Waals surface area contributed by atoms with E-state index in [9.17, 15) is 4.79 Å². The van der Waals surface area contributed by atoms with Gasteiger partial charge in [0.15, 0.2) is 0 Å². The van der Waals surface area contributed by atoms with E-state index in [2.05, 4.69) is 33.0 Å². The standard InChI is InChI=1S/C15H24N2O/c1-11(15(2,3)4)9-14(18)17-10-12-5-7-13(16)8-6-12/h5-8,11H,9-10,16H2,1-4H3,(H,17,18). The Labute approximate surface area is 110 Å². The largest absolute Gasteiger partial charge is 0.399 e. The summed E-state index contributed by atoms with van der Waals surface area (Å²) in [5, 5.41) is 2.94. The van der Waals surface area contributed by atoms with Crippen LogP contribution in [0.1, 0.15) is 39.7 Å². The number of carbonyl (C=O) groups excluding carboxylic acids is 1. The van der Waals surface area contributed by atoms with Gasteiger partial charge >= 0.3 is 0 Å². The molecular formula is C15H24N2O. The van der Waals surface area contributed by atoms with Crippen LogP contribution in [-0.2, 0) is 11.3 Å². The lowest BCUT2D eigenvalue weighted by atomic mass is 9.80. The third kappa shape index (κ3) is 4.78. The molecule has 0 aliphatic heterocycles. The average Bonchev–Trinajstić information content (AvgIpc) is 2.27. The topological polar surface area (TPSA) is 55.1 Å². The minimum absolute atomic E-state index is 0.106. The van der Waals surface area contributed by atoms with E-state index < -0.39 is 0 Å². The fraction of sp³-hybridized carbons (Fsp3) is 0.533. The zero-order chi connectivity index (χ0) is 13.8. The maximum atomic E-state index is 11.8. The van der Waals surface area contributed by atoms with Crippen molar-refractivity contribution >= 4 is 11.6 Å². The Morgan fingerprint density at radius 2 is 1.83 bits per heavy atom. The Bertz CT molecular complexity index is 390. The maximum Gasteiger partial charge on any atom is 0.220 e. The Balaban J connectivity index is 2.40. The van der Waals surface area contributed by atoms with Crippen LogP contribution in [0.25, 0.3) is 0 Å². The number of anilines is 1. The van der Waals surface area contributed by atoms with Gasteiger partial charge in [0.05, 0.1) is 0 Å². The van der Waals surface area contributed by atoms with Crippen LogP contribution < -0.4 is 11.1 Å². The molecule has 3 nitrogen and oxygen atoms in total. The lowest BCUT2D eigenvalue weighted by Gasteiger charge is -2.26. The first-order chi connectivity index (χ1) is 8.29. The van der Waals surface area contributed by atoms with Crippen LogP contribution in [0.15, 0.2) is 24.3 Å². The summed E-state index contributed by atoms with van der Waals surface area (Å²) >= 11 is 0. The van der Waals surface area contributed by atoms with Gasteiger partial charge in [0.2, 0.25) is 5.91 Å². The summed E-state index contributed by atoms with van der Waals surface area (Å²) in [7, 11) is 0. The summed E-state index contributed by atoms with van der Waals surface area (Å²) in [5.74, 6) is 0.471.